The first-order valence-electron chi connectivity index (χ1n) is 10.5. The Hall–Kier alpha value is -4.00. The standard InChI is InChI=1S/C26H25NO6/c1-17-12-22(18(2)27(17)14-20-6-10-24-25(13-20)33-16-32-24)23(28)15-31-26(29)11-7-19-4-8-21(30-3)9-5-19/h4-13H,14-16H2,1-3H3. The molecule has 0 saturated heterocycles. The number of carbonyl (C=O) groups is 2. The summed E-state index contributed by atoms with van der Waals surface area (Å²) >= 11 is 0. The van der Waals surface area contributed by atoms with Crippen LogP contribution in [-0.4, -0.2) is 36.8 Å². The summed E-state index contributed by atoms with van der Waals surface area (Å²) in [5.41, 5.74) is 4.17. The van der Waals surface area contributed by atoms with Crippen LogP contribution in [0.1, 0.15) is 32.9 Å². The topological polar surface area (TPSA) is 76.0 Å². The van der Waals surface area contributed by atoms with Gasteiger partial charge in [-0.15, -0.1) is 0 Å². The summed E-state index contributed by atoms with van der Waals surface area (Å²) in [6, 6.07) is 14.9. The molecule has 2 heterocycles. The molecule has 1 aromatic heterocycles. The predicted molar refractivity (Wildman–Crippen MR) is 123 cm³/mol. The van der Waals surface area contributed by atoms with Crippen LogP contribution in [-0.2, 0) is 16.1 Å². The lowest BCUT2D eigenvalue weighted by Crippen LogP contribution is -2.13. The Morgan fingerprint density at radius 2 is 1.79 bits per heavy atom. The smallest absolute Gasteiger partial charge is 0.331 e. The number of carbonyl (C=O) groups excluding carboxylic acids is 2. The first kappa shape index (κ1) is 22.2. The Morgan fingerprint density at radius 3 is 2.55 bits per heavy atom. The molecule has 0 aliphatic carbocycles. The summed E-state index contributed by atoms with van der Waals surface area (Å²) in [5.74, 6) is 1.37. The highest BCUT2D eigenvalue weighted by Gasteiger charge is 2.18. The first-order chi connectivity index (χ1) is 15.9. The van der Waals surface area contributed by atoms with Crippen molar-refractivity contribution in [3.05, 3.63) is 82.7 Å². The summed E-state index contributed by atoms with van der Waals surface area (Å²) < 4.78 is 23.1. The Kier molecular flexibility index (Phi) is 6.49. The summed E-state index contributed by atoms with van der Waals surface area (Å²) in [7, 11) is 1.59. The number of fused-ring (bicyclic) bond motifs is 1. The van der Waals surface area contributed by atoms with Crippen molar-refractivity contribution in [3.8, 4) is 17.2 Å². The zero-order chi connectivity index (χ0) is 23.4. The third-order valence-corrected chi connectivity index (χ3v) is 5.52. The van der Waals surface area contributed by atoms with Gasteiger partial charge >= 0.3 is 5.97 Å². The molecular formula is C26H25NO6. The fourth-order valence-corrected chi connectivity index (χ4v) is 3.69. The van der Waals surface area contributed by atoms with Crippen LogP contribution in [0.25, 0.3) is 6.08 Å². The number of esters is 1. The van der Waals surface area contributed by atoms with Gasteiger partial charge in [-0.3, -0.25) is 4.79 Å². The largest absolute Gasteiger partial charge is 0.497 e. The maximum absolute atomic E-state index is 12.7. The fraction of sp³-hybridized carbons (Fsp3) is 0.231. The molecule has 1 aliphatic rings. The van der Waals surface area contributed by atoms with Crippen molar-refractivity contribution in [3.63, 3.8) is 0 Å². The summed E-state index contributed by atoms with van der Waals surface area (Å²) in [5, 5.41) is 0. The fourth-order valence-electron chi connectivity index (χ4n) is 3.69. The lowest BCUT2D eigenvalue weighted by Gasteiger charge is -2.10. The molecule has 7 nitrogen and oxygen atoms in total. The van der Waals surface area contributed by atoms with Gasteiger partial charge in [0.1, 0.15) is 5.75 Å². The predicted octanol–water partition coefficient (Wildman–Crippen LogP) is 4.33. The minimum atomic E-state index is -0.576. The van der Waals surface area contributed by atoms with Crippen LogP contribution in [0.3, 0.4) is 0 Å². The molecule has 3 aromatic rings. The van der Waals surface area contributed by atoms with E-state index in [4.69, 9.17) is 18.9 Å². The van der Waals surface area contributed by atoms with Crippen LogP contribution < -0.4 is 14.2 Å². The quantitative estimate of drug-likeness (QED) is 0.291. The molecule has 2 aromatic carbocycles. The highest BCUT2D eigenvalue weighted by molar-refractivity contribution is 6.00. The van der Waals surface area contributed by atoms with Crippen molar-refractivity contribution in [1.82, 2.24) is 4.57 Å². The lowest BCUT2D eigenvalue weighted by atomic mass is 10.1. The summed E-state index contributed by atoms with van der Waals surface area (Å²) in [6.45, 7) is 4.33. The number of hydrogen-bond donors (Lipinski definition) is 0. The van der Waals surface area contributed by atoms with Gasteiger partial charge < -0.3 is 23.5 Å². The molecule has 0 radical (unpaired) electrons. The number of hydrogen-bond acceptors (Lipinski definition) is 6. The van der Waals surface area contributed by atoms with Crippen LogP contribution in [0.4, 0.5) is 0 Å². The number of ether oxygens (including phenoxy) is 4. The second-order valence-corrected chi connectivity index (χ2v) is 7.70. The number of benzene rings is 2. The molecule has 4 rings (SSSR count). The van der Waals surface area contributed by atoms with E-state index in [9.17, 15) is 9.59 Å². The zero-order valence-electron chi connectivity index (χ0n) is 18.8. The van der Waals surface area contributed by atoms with Gasteiger partial charge in [-0.1, -0.05) is 18.2 Å². The van der Waals surface area contributed by atoms with Gasteiger partial charge in [0.2, 0.25) is 12.6 Å². The highest BCUT2D eigenvalue weighted by Crippen LogP contribution is 2.33. The van der Waals surface area contributed by atoms with Crippen LogP contribution >= 0.6 is 0 Å². The molecular weight excluding hydrogens is 422 g/mol. The Labute approximate surface area is 192 Å². The minimum absolute atomic E-state index is 0.229. The van der Waals surface area contributed by atoms with E-state index in [0.717, 1.165) is 39.8 Å². The number of Topliss-reactive ketones (excluding diaryl/α,β-unsaturated/α-hetero) is 1. The zero-order valence-corrected chi connectivity index (χ0v) is 18.8. The van der Waals surface area contributed by atoms with Crippen molar-refractivity contribution in [2.24, 2.45) is 0 Å². The van der Waals surface area contributed by atoms with Crippen molar-refractivity contribution < 1.29 is 28.5 Å². The molecule has 0 amide bonds. The van der Waals surface area contributed by atoms with Crippen molar-refractivity contribution in [2.75, 3.05) is 20.5 Å². The van der Waals surface area contributed by atoms with E-state index in [1.165, 1.54) is 6.08 Å². The van der Waals surface area contributed by atoms with Crippen molar-refractivity contribution in [2.45, 2.75) is 20.4 Å². The second kappa shape index (κ2) is 9.65. The number of ketones is 1. The molecule has 0 fully saturated rings. The highest BCUT2D eigenvalue weighted by atomic mass is 16.7. The van der Waals surface area contributed by atoms with E-state index >= 15 is 0 Å². The maximum Gasteiger partial charge on any atom is 0.331 e. The second-order valence-electron chi connectivity index (χ2n) is 7.70. The van der Waals surface area contributed by atoms with E-state index in [1.54, 1.807) is 25.3 Å². The van der Waals surface area contributed by atoms with Gasteiger partial charge in [-0.05, 0) is 61.4 Å². The van der Waals surface area contributed by atoms with Gasteiger partial charge in [-0.2, -0.15) is 0 Å². The summed E-state index contributed by atoms with van der Waals surface area (Å²) in [6.07, 6.45) is 2.93. The number of aromatic nitrogens is 1. The van der Waals surface area contributed by atoms with E-state index in [2.05, 4.69) is 4.57 Å². The molecule has 33 heavy (non-hydrogen) atoms. The van der Waals surface area contributed by atoms with Crippen LogP contribution in [0.15, 0.2) is 54.6 Å². The van der Waals surface area contributed by atoms with Gasteiger partial charge in [0.15, 0.2) is 18.1 Å². The van der Waals surface area contributed by atoms with Crippen molar-refractivity contribution in [1.29, 1.82) is 0 Å². The third kappa shape index (κ3) is 5.09. The SMILES string of the molecule is COc1ccc(C=CC(=O)OCC(=O)c2cc(C)n(Cc3ccc4c(c3)OCO4)c2C)cc1. The van der Waals surface area contributed by atoms with Crippen LogP contribution in [0, 0.1) is 13.8 Å². The molecule has 7 heteroatoms. The van der Waals surface area contributed by atoms with Gasteiger partial charge in [0.05, 0.1) is 7.11 Å². The molecule has 0 bridgehead atoms. The Morgan fingerprint density at radius 1 is 1.03 bits per heavy atom. The molecule has 0 atom stereocenters. The monoisotopic (exact) mass is 447 g/mol. The maximum atomic E-state index is 12.7. The average molecular weight is 447 g/mol. The van der Waals surface area contributed by atoms with Gasteiger partial charge in [0, 0.05) is 29.6 Å². The van der Waals surface area contributed by atoms with E-state index < -0.39 is 5.97 Å². The number of rotatable bonds is 8. The normalized spacial score (nSPS) is 12.2. The molecule has 0 saturated carbocycles. The number of aryl methyl sites for hydroxylation is 1. The molecule has 0 unspecified atom stereocenters. The van der Waals surface area contributed by atoms with Crippen LogP contribution in [0.5, 0.6) is 17.2 Å². The average Bonchev–Trinajstić information content (AvgIpc) is 3.41. The molecule has 0 spiro atoms. The van der Waals surface area contributed by atoms with Crippen LogP contribution in [0.2, 0.25) is 0 Å². The molecule has 170 valence electrons. The van der Waals surface area contributed by atoms with E-state index in [-0.39, 0.29) is 19.2 Å². The number of nitrogens with zero attached hydrogens (tertiary/aromatic N) is 1. The molecule has 0 N–H and O–H groups in total. The van der Waals surface area contributed by atoms with Gasteiger partial charge in [0.25, 0.3) is 0 Å². The van der Waals surface area contributed by atoms with E-state index in [1.807, 2.05) is 50.2 Å². The Balaban J connectivity index is 1.37. The molecule has 1 aliphatic heterocycles. The Bertz CT molecular complexity index is 1210. The van der Waals surface area contributed by atoms with Gasteiger partial charge in [-0.25, -0.2) is 4.79 Å². The minimum Gasteiger partial charge on any atom is -0.497 e. The van der Waals surface area contributed by atoms with E-state index in [0.29, 0.717) is 12.1 Å². The third-order valence-electron chi connectivity index (χ3n) is 5.52. The van der Waals surface area contributed by atoms with Crippen molar-refractivity contribution >= 4 is 17.8 Å². The lowest BCUT2D eigenvalue weighted by molar-refractivity contribution is -0.136. The first-order valence-corrected chi connectivity index (χ1v) is 10.5. The summed E-state index contributed by atoms with van der Waals surface area (Å²) in [4.78, 5) is 24.8. The number of methoxy groups -OCH3 is 1.